The highest BCUT2D eigenvalue weighted by molar-refractivity contribution is 5.29. The normalized spacial score (nSPS) is 10.8. The maximum Gasteiger partial charge on any atom is 0.351 e. The number of ether oxygens (including phenoxy) is 2. The maximum absolute atomic E-state index is 12.4. The molecule has 0 saturated carbocycles. The van der Waals surface area contributed by atoms with Gasteiger partial charge in [0.05, 0.1) is 26.3 Å². The summed E-state index contributed by atoms with van der Waals surface area (Å²) in [4.78, 5) is 32.9. The van der Waals surface area contributed by atoms with Gasteiger partial charge in [-0.2, -0.15) is 9.97 Å². The van der Waals surface area contributed by atoms with Crippen LogP contribution in [-0.2, 0) is 13.1 Å². The lowest BCUT2D eigenvalue weighted by Crippen LogP contribution is -2.26. The van der Waals surface area contributed by atoms with Crippen LogP contribution in [0.3, 0.4) is 0 Å². The van der Waals surface area contributed by atoms with Crippen LogP contribution in [0.4, 0.5) is 0 Å². The Morgan fingerprint density at radius 1 is 0.767 bits per heavy atom. The molecule has 0 aliphatic heterocycles. The van der Waals surface area contributed by atoms with E-state index in [-0.39, 0.29) is 11.4 Å². The quantitative estimate of drug-likeness (QED) is 0.566. The third-order valence-electron chi connectivity index (χ3n) is 4.62. The minimum absolute atomic E-state index is 0.341. The van der Waals surface area contributed by atoms with Crippen LogP contribution in [-0.4, -0.2) is 32.3 Å². The summed E-state index contributed by atoms with van der Waals surface area (Å²) in [6.45, 7) is 8.99. The molecule has 0 N–H and O–H groups in total. The third kappa shape index (κ3) is 4.76. The van der Waals surface area contributed by atoms with Crippen LogP contribution in [0, 0.1) is 13.8 Å². The van der Waals surface area contributed by atoms with Crippen LogP contribution in [0.15, 0.2) is 46.2 Å². The van der Waals surface area contributed by atoms with Crippen molar-refractivity contribution in [1.82, 2.24) is 19.1 Å². The Kier molecular flexibility index (Phi) is 6.66. The summed E-state index contributed by atoms with van der Waals surface area (Å²) in [6.07, 6.45) is 3.48. The van der Waals surface area contributed by atoms with E-state index in [0.29, 0.717) is 38.1 Å². The highest BCUT2D eigenvalue weighted by atomic mass is 16.5. The molecule has 30 heavy (non-hydrogen) atoms. The molecule has 0 aliphatic rings. The Labute approximate surface area is 174 Å². The molecule has 0 radical (unpaired) electrons. The van der Waals surface area contributed by atoms with Gasteiger partial charge in [-0.1, -0.05) is 24.3 Å². The Bertz CT molecular complexity index is 1060. The van der Waals surface area contributed by atoms with Gasteiger partial charge in [-0.15, -0.1) is 0 Å². The zero-order chi connectivity index (χ0) is 21.7. The molecule has 0 atom stereocenters. The molecule has 2 aromatic heterocycles. The molecule has 0 amide bonds. The number of rotatable bonds is 8. The molecule has 8 nitrogen and oxygen atoms in total. The van der Waals surface area contributed by atoms with E-state index >= 15 is 0 Å². The van der Waals surface area contributed by atoms with E-state index in [0.717, 1.165) is 22.3 Å². The van der Waals surface area contributed by atoms with Crippen LogP contribution >= 0.6 is 0 Å². The molecular weight excluding hydrogens is 384 g/mol. The molecule has 0 unspecified atom stereocenters. The van der Waals surface area contributed by atoms with E-state index < -0.39 is 0 Å². The second kappa shape index (κ2) is 9.39. The van der Waals surface area contributed by atoms with Gasteiger partial charge >= 0.3 is 11.4 Å². The monoisotopic (exact) mass is 410 g/mol. The highest BCUT2D eigenvalue weighted by Gasteiger charge is 2.11. The fraction of sp³-hybridized carbons (Fsp3) is 0.364. The Hall–Kier alpha value is -3.42. The lowest BCUT2D eigenvalue weighted by molar-refractivity contribution is 0.320. The summed E-state index contributed by atoms with van der Waals surface area (Å²) in [6, 6.07) is 7.69. The average Bonchev–Trinajstić information content (AvgIpc) is 2.71. The first-order valence-corrected chi connectivity index (χ1v) is 9.91. The summed E-state index contributed by atoms with van der Waals surface area (Å²) in [5, 5.41) is 0. The molecule has 2 heterocycles. The van der Waals surface area contributed by atoms with Crippen molar-refractivity contribution in [2.75, 3.05) is 13.2 Å². The van der Waals surface area contributed by atoms with Gasteiger partial charge in [0.2, 0.25) is 11.8 Å². The van der Waals surface area contributed by atoms with E-state index in [4.69, 9.17) is 9.47 Å². The summed E-state index contributed by atoms with van der Waals surface area (Å²) in [5.41, 5.74) is 2.66. The van der Waals surface area contributed by atoms with E-state index in [1.807, 2.05) is 52.0 Å². The number of benzene rings is 1. The van der Waals surface area contributed by atoms with E-state index in [1.54, 1.807) is 21.5 Å². The Morgan fingerprint density at radius 2 is 1.17 bits per heavy atom. The van der Waals surface area contributed by atoms with Crippen molar-refractivity contribution in [2.24, 2.45) is 0 Å². The summed E-state index contributed by atoms with van der Waals surface area (Å²) >= 11 is 0. The van der Waals surface area contributed by atoms with Crippen molar-refractivity contribution in [2.45, 2.75) is 40.8 Å². The van der Waals surface area contributed by atoms with Crippen molar-refractivity contribution in [3.8, 4) is 11.8 Å². The smallest absolute Gasteiger partial charge is 0.351 e. The van der Waals surface area contributed by atoms with Crippen molar-refractivity contribution in [3.05, 3.63) is 79.9 Å². The number of aryl methyl sites for hydroxylation is 2. The van der Waals surface area contributed by atoms with Crippen molar-refractivity contribution in [3.63, 3.8) is 0 Å². The molecule has 0 aliphatic carbocycles. The molecule has 3 rings (SSSR count). The van der Waals surface area contributed by atoms with Crippen LogP contribution in [0.2, 0.25) is 0 Å². The first-order chi connectivity index (χ1) is 14.4. The predicted molar refractivity (Wildman–Crippen MR) is 113 cm³/mol. The van der Waals surface area contributed by atoms with Gasteiger partial charge < -0.3 is 9.47 Å². The maximum atomic E-state index is 12.4. The van der Waals surface area contributed by atoms with E-state index in [1.165, 1.54) is 0 Å². The largest absolute Gasteiger partial charge is 0.478 e. The van der Waals surface area contributed by atoms with Crippen LogP contribution in [0.1, 0.15) is 36.1 Å². The topological polar surface area (TPSA) is 88.2 Å². The second-order valence-electron chi connectivity index (χ2n) is 6.91. The molecule has 1 aromatic carbocycles. The number of hydrogen-bond acceptors (Lipinski definition) is 6. The predicted octanol–water partition coefficient (Wildman–Crippen LogP) is 2.31. The van der Waals surface area contributed by atoms with Crippen LogP contribution in [0.25, 0.3) is 0 Å². The summed E-state index contributed by atoms with van der Waals surface area (Å²) in [5.74, 6) is 0.712. The Balaban J connectivity index is 1.91. The van der Waals surface area contributed by atoms with Gasteiger partial charge in [-0.05, 0) is 38.8 Å². The fourth-order valence-corrected chi connectivity index (χ4v) is 3.19. The van der Waals surface area contributed by atoms with Crippen molar-refractivity contribution < 1.29 is 9.47 Å². The molecule has 0 fully saturated rings. The Morgan fingerprint density at radius 3 is 1.53 bits per heavy atom. The van der Waals surface area contributed by atoms with Crippen molar-refractivity contribution in [1.29, 1.82) is 0 Å². The summed E-state index contributed by atoms with van der Waals surface area (Å²) in [7, 11) is 0. The van der Waals surface area contributed by atoms with Crippen molar-refractivity contribution >= 4 is 0 Å². The molecule has 0 bridgehead atoms. The first kappa shape index (κ1) is 21.3. The zero-order valence-electron chi connectivity index (χ0n) is 17.7. The zero-order valence-corrected chi connectivity index (χ0v) is 17.7. The van der Waals surface area contributed by atoms with Crippen LogP contribution in [0.5, 0.6) is 11.8 Å². The van der Waals surface area contributed by atoms with Gasteiger partial charge in [0.25, 0.3) is 0 Å². The molecule has 8 heteroatoms. The van der Waals surface area contributed by atoms with Gasteiger partial charge in [0.15, 0.2) is 0 Å². The lowest BCUT2D eigenvalue weighted by atomic mass is 10.1. The van der Waals surface area contributed by atoms with E-state index in [2.05, 4.69) is 9.97 Å². The van der Waals surface area contributed by atoms with Gasteiger partial charge in [-0.3, -0.25) is 9.13 Å². The standard InChI is InChI=1S/C22H26N4O4/c1-5-29-19-15(3)11-25(21(27)23-19)13-17-9-7-8-10-18(17)14-26-12-16(4)20(30-6-2)24-22(26)28/h7-12H,5-6,13-14H2,1-4H3. The average molecular weight is 410 g/mol. The van der Waals surface area contributed by atoms with Gasteiger partial charge in [0.1, 0.15) is 0 Å². The summed E-state index contributed by atoms with van der Waals surface area (Å²) < 4.78 is 13.9. The van der Waals surface area contributed by atoms with Gasteiger partial charge in [0, 0.05) is 23.5 Å². The second-order valence-corrected chi connectivity index (χ2v) is 6.91. The SMILES string of the molecule is CCOc1nc(=O)n(Cc2ccccc2Cn2cc(C)c(OCC)nc2=O)cc1C. The molecule has 158 valence electrons. The molecule has 0 saturated heterocycles. The number of hydrogen-bond donors (Lipinski definition) is 0. The minimum Gasteiger partial charge on any atom is -0.478 e. The third-order valence-corrected chi connectivity index (χ3v) is 4.62. The highest BCUT2D eigenvalue weighted by Crippen LogP contribution is 2.16. The molecule has 3 aromatic rings. The number of aromatic nitrogens is 4. The van der Waals surface area contributed by atoms with Gasteiger partial charge in [-0.25, -0.2) is 9.59 Å². The minimum atomic E-state index is -0.380. The molecular formula is C22H26N4O4. The number of nitrogens with zero attached hydrogens (tertiary/aromatic N) is 4. The van der Waals surface area contributed by atoms with Crippen LogP contribution < -0.4 is 20.9 Å². The van der Waals surface area contributed by atoms with E-state index in [9.17, 15) is 9.59 Å². The molecule has 0 spiro atoms. The lowest BCUT2D eigenvalue weighted by Gasteiger charge is -2.14. The first-order valence-electron chi connectivity index (χ1n) is 9.91. The fourth-order valence-electron chi connectivity index (χ4n) is 3.19.